The highest BCUT2D eigenvalue weighted by Gasteiger charge is 2.30. The second kappa shape index (κ2) is 12.5. The number of esters is 2. The molecule has 2 aromatic carbocycles. The van der Waals surface area contributed by atoms with Gasteiger partial charge in [0.2, 0.25) is 0 Å². The van der Waals surface area contributed by atoms with Crippen LogP contribution in [-0.2, 0) is 9.53 Å². The van der Waals surface area contributed by atoms with Crippen LogP contribution in [-0.4, -0.2) is 18.0 Å². The Labute approximate surface area is 197 Å². The molecule has 0 radical (unpaired) electrons. The van der Waals surface area contributed by atoms with E-state index < -0.39 is 5.97 Å². The molecule has 178 valence electrons. The summed E-state index contributed by atoms with van der Waals surface area (Å²) in [7, 11) is 0. The molecule has 0 amide bonds. The van der Waals surface area contributed by atoms with Crippen molar-refractivity contribution in [1.82, 2.24) is 6.15 Å². The molecule has 0 saturated heterocycles. The second-order valence-corrected chi connectivity index (χ2v) is 9.32. The Bertz CT molecular complexity index is 886. The van der Waals surface area contributed by atoms with Crippen molar-refractivity contribution in [2.75, 3.05) is 0 Å². The van der Waals surface area contributed by atoms with E-state index in [9.17, 15) is 9.59 Å². The molecule has 2 aliphatic rings. The minimum atomic E-state index is -0.392. The molecule has 1 unspecified atom stereocenters. The second-order valence-electron chi connectivity index (χ2n) is 9.32. The molecule has 0 aromatic heterocycles. The Kier molecular flexibility index (Phi) is 9.49. The van der Waals surface area contributed by atoms with E-state index in [4.69, 9.17) is 9.47 Å². The molecule has 0 aliphatic heterocycles. The maximum absolute atomic E-state index is 13.3. The quantitative estimate of drug-likeness (QED) is 0.362. The molecule has 2 fully saturated rings. The van der Waals surface area contributed by atoms with Crippen LogP contribution in [0.15, 0.2) is 54.6 Å². The lowest BCUT2D eigenvalue weighted by atomic mass is 9.80. The number of rotatable bonds is 7. The van der Waals surface area contributed by atoms with E-state index in [0.29, 0.717) is 17.2 Å². The summed E-state index contributed by atoms with van der Waals surface area (Å²) in [6, 6.07) is 16.4. The maximum atomic E-state index is 13.3. The largest absolute Gasteiger partial charge is 0.462 e. The summed E-state index contributed by atoms with van der Waals surface area (Å²) < 4.78 is 11.6. The van der Waals surface area contributed by atoms with Gasteiger partial charge in [0.1, 0.15) is 11.9 Å². The molecule has 3 N–H and O–H groups in total. The fraction of sp³-hybridized carbons (Fsp3) is 0.500. The topological polar surface area (TPSA) is 87.6 Å². The van der Waals surface area contributed by atoms with Gasteiger partial charge in [-0.3, -0.25) is 4.79 Å². The van der Waals surface area contributed by atoms with Crippen LogP contribution in [0.2, 0.25) is 0 Å². The van der Waals surface area contributed by atoms with Crippen LogP contribution in [0.3, 0.4) is 0 Å². The van der Waals surface area contributed by atoms with E-state index in [-0.39, 0.29) is 24.1 Å². The number of hydrogen-bond acceptors (Lipinski definition) is 5. The first-order chi connectivity index (χ1) is 15.7. The van der Waals surface area contributed by atoms with Crippen LogP contribution >= 0.6 is 0 Å². The Morgan fingerprint density at radius 3 is 2.18 bits per heavy atom. The number of ether oxygens (including phenoxy) is 2. The molecule has 2 aliphatic carbocycles. The normalized spacial score (nSPS) is 18.1. The molecule has 4 rings (SSSR count). The lowest BCUT2D eigenvalue weighted by Gasteiger charge is -2.28. The minimum Gasteiger partial charge on any atom is -0.462 e. The van der Waals surface area contributed by atoms with Crippen LogP contribution in [0.25, 0.3) is 0 Å². The number of hydrogen-bond donors (Lipinski definition) is 1. The van der Waals surface area contributed by atoms with Crippen molar-refractivity contribution in [2.45, 2.75) is 82.7 Å². The van der Waals surface area contributed by atoms with Gasteiger partial charge in [-0.2, -0.15) is 0 Å². The summed E-state index contributed by atoms with van der Waals surface area (Å²) in [6.07, 6.45) is 12.4. The van der Waals surface area contributed by atoms with E-state index in [2.05, 4.69) is 0 Å². The third-order valence-corrected chi connectivity index (χ3v) is 6.89. The average Bonchev–Trinajstić information content (AvgIpc) is 2.84. The average molecular weight is 452 g/mol. The third kappa shape index (κ3) is 7.16. The molecule has 2 saturated carbocycles. The highest BCUT2D eigenvalue weighted by atomic mass is 16.5. The Hall–Kier alpha value is -2.66. The standard InChI is InChI=1S/C28H34O4.H3N/c29-27(22-13-6-2-7-14-22)32-25-18-10-15-23(20-25)26(19-21-11-4-1-5-12-21)28(30)31-24-16-8-3-9-17-24;/h2,6-7,10,13-15,18,20-21,24,26H,1,3-5,8-9,11-12,16-17,19H2;1H3. The van der Waals surface area contributed by atoms with Crippen molar-refractivity contribution >= 4 is 11.9 Å². The Morgan fingerprint density at radius 1 is 0.818 bits per heavy atom. The van der Waals surface area contributed by atoms with Gasteiger partial charge in [-0.1, -0.05) is 68.9 Å². The fourth-order valence-corrected chi connectivity index (χ4v) is 5.09. The van der Waals surface area contributed by atoms with Gasteiger partial charge in [0.25, 0.3) is 0 Å². The molecule has 5 heteroatoms. The summed E-state index contributed by atoms with van der Waals surface area (Å²) in [4.78, 5) is 25.8. The number of carbonyl (C=O) groups excluding carboxylic acids is 2. The number of carbonyl (C=O) groups is 2. The zero-order chi connectivity index (χ0) is 22.2. The smallest absolute Gasteiger partial charge is 0.343 e. The first-order valence-corrected chi connectivity index (χ1v) is 12.3. The monoisotopic (exact) mass is 451 g/mol. The van der Waals surface area contributed by atoms with E-state index in [0.717, 1.165) is 37.7 Å². The van der Waals surface area contributed by atoms with Gasteiger partial charge in [0.15, 0.2) is 0 Å². The van der Waals surface area contributed by atoms with Gasteiger partial charge < -0.3 is 15.6 Å². The minimum absolute atomic E-state index is 0. The van der Waals surface area contributed by atoms with Gasteiger partial charge in [-0.25, -0.2) is 4.79 Å². The van der Waals surface area contributed by atoms with Gasteiger partial charge in [0.05, 0.1) is 11.5 Å². The van der Waals surface area contributed by atoms with Crippen molar-refractivity contribution in [3.63, 3.8) is 0 Å². The molecule has 5 nitrogen and oxygen atoms in total. The highest BCUT2D eigenvalue weighted by Crippen LogP contribution is 2.36. The molecule has 1 atom stereocenters. The summed E-state index contributed by atoms with van der Waals surface area (Å²) in [6.45, 7) is 0. The van der Waals surface area contributed by atoms with Crippen molar-refractivity contribution in [3.05, 3.63) is 65.7 Å². The number of benzene rings is 2. The van der Waals surface area contributed by atoms with Crippen LogP contribution in [0.4, 0.5) is 0 Å². The van der Waals surface area contributed by atoms with Gasteiger partial charge in [-0.15, -0.1) is 0 Å². The van der Waals surface area contributed by atoms with Crippen molar-refractivity contribution in [3.8, 4) is 5.75 Å². The van der Waals surface area contributed by atoms with Crippen LogP contribution < -0.4 is 10.9 Å². The Morgan fingerprint density at radius 2 is 1.48 bits per heavy atom. The molecule has 2 aromatic rings. The van der Waals surface area contributed by atoms with Gasteiger partial charge in [0, 0.05) is 0 Å². The summed E-state index contributed by atoms with van der Waals surface area (Å²) >= 11 is 0. The predicted molar refractivity (Wildman–Crippen MR) is 130 cm³/mol. The van der Waals surface area contributed by atoms with Crippen molar-refractivity contribution in [2.24, 2.45) is 5.92 Å². The summed E-state index contributed by atoms with van der Waals surface area (Å²) in [5.41, 5.74) is 1.39. The molecule has 33 heavy (non-hydrogen) atoms. The SMILES string of the molecule is N.O=C(Oc1cccc(C(CC2CCCCC2)C(=O)OC2CCCCC2)c1)c1ccccc1. The maximum Gasteiger partial charge on any atom is 0.343 e. The Balaban J connectivity index is 0.00000306. The zero-order valence-electron chi connectivity index (χ0n) is 19.5. The zero-order valence-corrected chi connectivity index (χ0v) is 19.5. The fourth-order valence-electron chi connectivity index (χ4n) is 5.09. The predicted octanol–water partition coefficient (Wildman–Crippen LogP) is 7.00. The summed E-state index contributed by atoms with van der Waals surface area (Å²) in [5.74, 6) is 0.194. The van der Waals surface area contributed by atoms with Gasteiger partial charge in [-0.05, 0) is 67.9 Å². The summed E-state index contributed by atoms with van der Waals surface area (Å²) in [5, 5.41) is 0. The first kappa shape index (κ1) is 25.0. The third-order valence-electron chi connectivity index (χ3n) is 6.89. The van der Waals surface area contributed by atoms with Crippen LogP contribution in [0.5, 0.6) is 5.75 Å². The van der Waals surface area contributed by atoms with Gasteiger partial charge >= 0.3 is 11.9 Å². The molecule has 0 spiro atoms. The lowest BCUT2D eigenvalue weighted by molar-refractivity contribution is -0.153. The van der Waals surface area contributed by atoms with E-state index in [1.54, 1.807) is 18.2 Å². The molecular formula is C28H37NO4. The first-order valence-electron chi connectivity index (χ1n) is 12.3. The van der Waals surface area contributed by atoms with Crippen LogP contribution in [0.1, 0.15) is 92.5 Å². The van der Waals surface area contributed by atoms with Crippen LogP contribution in [0, 0.1) is 5.92 Å². The molecule has 0 heterocycles. The highest BCUT2D eigenvalue weighted by molar-refractivity contribution is 5.91. The molecule has 0 bridgehead atoms. The lowest BCUT2D eigenvalue weighted by Crippen LogP contribution is -2.26. The van der Waals surface area contributed by atoms with E-state index in [1.807, 2.05) is 36.4 Å². The van der Waals surface area contributed by atoms with Crippen molar-refractivity contribution < 1.29 is 19.1 Å². The van der Waals surface area contributed by atoms with E-state index in [1.165, 1.54) is 38.5 Å². The molecular weight excluding hydrogens is 414 g/mol. The van der Waals surface area contributed by atoms with E-state index >= 15 is 0 Å². The van der Waals surface area contributed by atoms with Crippen molar-refractivity contribution in [1.29, 1.82) is 0 Å².